The van der Waals surface area contributed by atoms with Crippen LogP contribution in [0, 0.1) is 11.8 Å². The van der Waals surface area contributed by atoms with Crippen molar-refractivity contribution >= 4 is 0 Å². The van der Waals surface area contributed by atoms with Crippen molar-refractivity contribution in [2.75, 3.05) is 13.2 Å². The van der Waals surface area contributed by atoms with Crippen molar-refractivity contribution in [1.29, 1.82) is 0 Å². The molecule has 3 aliphatic rings. The first-order valence-electron chi connectivity index (χ1n) is 8.88. The topological polar surface area (TPSA) is 21.3 Å². The molecule has 21 heavy (non-hydrogen) atoms. The molecule has 0 bridgehead atoms. The Labute approximate surface area is 128 Å². The predicted molar refractivity (Wildman–Crippen MR) is 85.8 cm³/mol. The van der Waals surface area contributed by atoms with Crippen LogP contribution in [0.4, 0.5) is 0 Å². The van der Waals surface area contributed by atoms with E-state index in [4.69, 9.17) is 4.74 Å². The number of benzene rings is 1. The normalized spacial score (nSPS) is 21.4. The quantitative estimate of drug-likeness (QED) is 0.771. The van der Waals surface area contributed by atoms with Crippen molar-refractivity contribution in [3.63, 3.8) is 0 Å². The molecule has 4 rings (SSSR count). The van der Waals surface area contributed by atoms with Gasteiger partial charge in [-0.05, 0) is 86.5 Å². The Kier molecular flexibility index (Phi) is 3.89. The lowest BCUT2D eigenvalue weighted by molar-refractivity contribution is 0.293. The van der Waals surface area contributed by atoms with Crippen LogP contribution in [0.1, 0.15) is 49.7 Å². The number of hydrogen-bond acceptors (Lipinski definition) is 2. The maximum atomic E-state index is 5.96. The van der Waals surface area contributed by atoms with E-state index in [0.29, 0.717) is 0 Å². The molecule has 0 aliphatic heterocycles. The molecule has 3 aliphatic carbocycles. The van der Waals surface area contributed by atoms with Crippen LogP contribution >= 0.6 is 0 Å². The minimum Gasteiger partial charge on any atom is -0.492 e. The summed E-state index contributed by atoms with van der Waals surface area (Å²) in [6, 6.07) is 7.49. The fraction of sp³-hybridized carbons (Fsp3) is 0.684. The van der Waals surface area contributed by atoms with Crippen LogP contribution in [0.3, 0.4) is 0 Å². The summed E-state index contributed by atoms with van der Waals surface area (Å²) in [5.74, 6) is 3.01. The number of aryl methyl sites for hydroxylation is 2. The van der Waals surface area contributed by atoms with Crippen LogP contribution in [0.2, 0.25) is 0 Å². The lowest BCUT2D eigenvalue weighted by Gasteiger charge is -2.19. The highest BCUT2D eigenvalue weighted by molar-refractivity contribution is 5.37. The summed E-state index contributed by atoms with van der Waals surface area (Å²) in [6.07, 6.45) is 10.9. The molecule has 0 unspecified atom stereocenters. The molecule has 2 nitrogen and oxygen atoms in total. The Balaban J connectivity index is 1.25. The molecule has 0 radical (unpaired) electrons. The van der Waals surface area contributed by atoms with Crippen molar-refractivity contribution in [2.45, 2.75) is 57.4 Å². The monoisotopic (exact) mass is 285 g/mol. The Morgan fingerprint density at radius 3 is 2.43 bits per heavy atom. The summed E-state index contributed by atoms with van der Waals surface area (Å²) in [5, 5.41) is 3.75. The molecule has 0 spiro atoms. The molecule has 0 saturated heterocycles. The number of fused-ring (bicyclic) bond motifs is 1. The van der Waals surface area contributed by atoms with Gasteiger partial charge in [-0.2, -0.15) is 0 Å². The SMILES string of the molecule is c1cc2c(cc1OCCNC(C1CC1)C1CC1)CCCC2. The summed E-state index contributed by atoms with van der Waals surface area (Å²) < 4.78 is 5.96. The lowest BCUT2D eigenvalue weighted by Crippen LogP contribution is -2.36. The molecule has 1 N–H and O–H groups in total. The first kappa shape index (κ1) is 13.6. The third-order valence-corrected chi connectivity index (χ3v) is 5.33. The highest BCUT2D eigenvalue weighted by atomic mass is 16.5. The van der Waals surface area contributed by atoms with Crippen LogP contribution in [-0.4, -0.2) is 19.2 Å². The van der Waals surface area contributed by atoms with Crippen LogP contribution < -0.4 is 10.1 Å². The van der Waals surface area contributed by atoms with Crippen molar-refractivity contribution in [3.8, 4) is 5.75 Å². The Bertz CT molecular complexity index is 478. The van der Waals surface area contributed by atoms with Gasteiger partial charge in [0.25, 0.3) is 0 Å². The zero-order chi connectivity index (χ0) is 14.1. The zero-order valence-corrected chi connectivity index (χ0v) is 12.9. The van der Waals surface area contributed by atoms with E-state index in [0.717, 1.165) is 36.8 Å². The summed E-state index contributed by atoms with van der Waals surface area (Å²) in [6.45, 7) is 1.80. The van der Waals surface area contributed by atoms with Gasteiger partial charge in [0, 0.05) is 12.6 Å². The highest BCUT2D eigenvalue weighted by Gasteiger charge is 2.40. The van der Waals surface area contributed by atoms with Gasteiger partial charge < -0.3 is 10.1 Å². The molecule has 1 aromatic rings. The van der Waals surface area contributed by atoms with Gasteiger partial charge in [-0.25, -0.2) is 0 Å². The van der Waals surface area contributed by atoms with Gasteiger partial charge >= 0.3 is 0 Å². The van der Waals surface area contributed by atoms with Gasteiger partial charge in [0.2, 0.25) is 0 Å². The van der Waals surface area contributed by atoms with E-state index >= 15 is 0 Å². The molecular weight excluding hydrogens is 258 g/mol. The van der Waals surface area contributed by atoms with E-state index in [1.165, 1.54) is 62.5 Å². The van der Waals surface area contributed by atoms with Gasteiger partial charge in [0.05, 0.1) is 0 Å². The first-order valence-corrected chi connectivity index (χ1v) is 8.88. The number of nitrogens with one attached hydrogen (secondary N) is 1. The van der Waals surface area contributed by atoms with Gasteiger partial charge in [-0.3, -0.25) is 0 Å². The average molecular weight is 285 g/mol. The Hall–Kier alpha value is -1.02. The van der Waals surface area contributed by atoms with Gasteiger partial charge in [-0.15, -0.1) is 0 Å². The molecular formula is C19H27NO. The average Bonchev–Trinajstić information content (AvgIpc) is 3.39. The van der Waals surface area contributed by atoms with Gasteiger partial charge in [-0.1, -0.05) is 6.07 Å². The Morgan fingerprint density at radius 2 is 1.71 bits per heavy atom. The third kappa shape index (κ3) is 3.42. The number of hydrogen-bond donors (Lipinski definition) is 1. The summed E-state index contributed by atoms with van der Waals surface area (Å²) in [5.41, 5.74) is 3.05. The fourth-order valence-corrected chi connectivity index (χ4v) is 3.82. The largest absolute Gasteiger partial charge is 0.492 e. The van der Waals surface area contributed by atoms with Crippen molar-refractivity contribution < 1.29 is 4.74 Å². The van der Waals surface area contributed by atoms with Gasteiger partial charge in [0.15, 0.2) is 0 Å². The molecule has 0 aromatic heterocycles. The summed E-state index contributed by atoms with van der Waals surface area (Å²) in [4.78, 5) is 0. The van der Waals surface area contributed by atoms with Crippen LogP contribution in [0.15, 0.2) is 18.2 Å². The molecule has 2 fully saturated rings. The van der Waals surface area contributed by atoms with E-state index in [9.17, 15) is 0 Å². The van der Waals surface area contributed by atoms with E-state index in [-0.39, 0.29) is 0 Å². The van der Waals surface area contributed by atoms with Crippen molar-refractivity contribution in [2.24, 2.45) is 11.8 Å². The molecule has 0 amide bonds. The molecule has 114 valence electrons. The summed E-state index contributed by atoms with van der Waals surface area (Å²) >= 11 is 0. The maximum absolute atomic E-state index is 5.96. The second kappa shape index (κ2) is 6.00. The maximum Gasteiger partial charge on any atom is 0.119 e. The van der Waals surface area contributed by atoms with Gasteiger partial charge in [0.1, 0.15) is 12.4 Å². The Morgan fingerprint density at radius 1 is 1.00 bits per heavy atom. The third-order valence-electron chi connectivity index (χ3n) is 5.33. The van der Waals surface area contributed by atoms with Crippen LogP contribution in [0.5, 0.6) is 5.75 Å². The fourth-order valence-electron chi connectivity index (χ4n) is 3.82. The van der Waals surface area contributed by atoms with Crippen molar-refractivity contribution in [3.05, 3.63) is 29.3 Å². The molecule has 0 heterocycles. The second-order valence-corrected chi connectivity index (χ2v) is 7.14. The minimum atomic E-state index is 0.789. The molecule has 1 aromatic carbocycles. The van der Waals surface area contributed by atoms with Crippen molar-refractivity contribution in [1.82, 2.24) is 5.32 Å². The number of rotatable bonds is 7. The van der Waals surface area contributed by atoms with E-state index in [1.54, 1.807) is 0 Å². The zero-order valence-electron chi connectivity index (χ0n) is 12.9. The van der Waals surface area contributed by atoms with E-state index < -0.39 is 0 Å². The van der Waals surface area contributed by atoms with Crippen LogP contribution in [-0.2, 0) is 12.8 Å². The highest BCUT2D eigenvalue weighted by Crippen LogP contribution is 2.44. The van der Waals surface area contributed by atoms with E-state index in [2.05, 4.69) is 23.5 Å². The lowest BCUT2D eigenvalue weighted by atomic mass is 9.92. The second-order valence-electron chi connectivity index (χ2n) is 7.14. The number of ether oxygens (including phenoxy) is 1. The van der Waals surface area contributed by atoms with Crippen LogP contribution in [0.25, 0.3) is 0 Å². The summed E-state index contributed by atoms with van der Waals surface area (Å²) in [7, 11) is 0. The molecule has 0 atom stereocenters. The molecule has 2 heteroatoms. The van der Waals surface area contributed by atoms with E-state index in [1.807, 2.05) is 0 Å². The smallest absolute Gasteiger partial charge is 0.119 e. The standard InChI is InChI=1S/C19H27NO/c1-2-4-17-13-18(10-9-14(17)3-1)21-12-11-20-19(15-5-6-15)16-7-8-16/h9-10,13,15-16,19-20H,1-8,11-12H2. The predicted octanol–water partition coefficient (Wildman–Crippen LogP) is 3.72. The first-order chi connectivity index (χ1) is 10.4. The molecule has 2 saturated carbocycles. The minimum absolute atomic E-state index is 0.789.